The Morgan fingerprint density at radius 3 is 3.10 bits per heavy atom. The van der Waals surface area contributed by atoms with Crippen molar-refractivity contribution in [3.8, 4) is 0 Å². The Morgan fingerprint density at radius 2 is 2.30 bits per heavy atom. The summed E-state index contributed by atoms with van der Waals surface area (Å²) >= 11 is 6.23. The van der Waals surface area contributed by atoms with Crippen molar-refractivity contribution in [1.82, 2.24) is 10.2 Å². The van der Waals surface area contributed by atoms with Gasteiger partial charge in [0.1, 0.15) is 0 Å². The van der Waals surface area contributed by atoms with E-state index < -0.39 is 0 Å². The maximum Gasteiger partial charge on any atom is 0.226 e. The molecule has 2 atom stereocenters. The summed E-state index contributed by atoms with van der Waals surface area (Å²) in [6, 6.07) is 6.45. The van der Waals surface area contributed by atoms with Crippen molar-refractivity contribution in [2.45, 2.75) is 38.8 Å². The Labute approximate surface area is 125 Å². The number of nitrogens with one attached hydrogen (secondary N) is 1. The molecule has 1 fully saturated rings. The minimum Gasteiger partial charge on any atom is -0.338 e. The van der Waals surface area contributed by atoms with Gasteiger partial charge in [0.05, 0.1) is 0 Å². The largest absolute Gasteiger partial charge is 0.338 e. The van der Waals surface area contributed by atoms with E-state index in [0.29, 0.717) is 18.5 Å². The third-order valence-electron chi connectivity index (χ3n) is 4.49. The highest BCUT2D eigenvalue weighted by Gasteiger charge is 2.30. The molecule has 1 aromatic rings. The molecule has 1 N–H and O–H groups in total. The number of rotatable bonds is 1. The van der Waals surface area contributed by atoms with Crippen LogP contribution in [-0.4, -0.2) is 29.9 Å². The molecule has 0 unspecified atom stereocenters. The molecule has 3 rings (SSSR count). The summed E-state index contributed by atoms with van der Waals surface area (Å²) in [7, 11) is 0. The van der Waals surface area contributed by atoms with Crippen LogP contribution in [0.2, 0.25) is 5.02 Å². The maximum atomic E-state index is 12.7. The predicted molar refractivity (Wildman–Crippen MR) is 80.8 cm³/mol. The second-order valence-electron chi connectivity index (χ2n) is 5.96. The third-order valence-corrected chi connectivity index (χ3v) is 4.85. The van der Waals surface area contributed by atoms with E-state index in [1.807, 2.05) is 17.0 Å². The number of nitrogens with zero attached hydrogens (tertiary/aromatic N) is 1. The van der Waals surface area contributed by atoms with Crippen LogP contribution >= 0.6 is 11.6 Å². The van der Waals surface area contributed by atoms with Gasteiger partial charge in [0.25, 0.3) is 0 Å². The fourth-order valence-corrected chi connectivity index (χ4v) is 3.65. The molecule has 0 aliphatic carbocycles. The Kier molecular flexibility index (Phi) is 3.99. The van der Waals surface area contributed by atoms with Gasteiger partial charge in [-0.2, -0.15) is 0 Å². The molecule has 0 saturated carbocycles. The highest BCUT2D eigenvalue weighted by Crippen LogP contribution is 2.28. The minimum atomic E-state index is 0.187. The van der Waals surface area contributed by atoms with Crippen LogP contribution in [0.5, 0.6) is 0 Å². The number of carbonyl (C=O) groups is 1. The molecule has 1 amide bonds. The topological polar surface area (TPSA) is 32.3 Å². The molecule has 2 aliphatic heterocycles. The summed E-state index contributed by atoms with van der Waals surface area (Å²) in [4.78, 5) is 14.7. The fourth-order valence-electron chi connectivity index (χ4n) is 3.37. The zero-order valence-corrected chi connectivity index (χ0v) is 12.6. The van der Waals surface area contributed by atoms with Crippen molar-refractivity contribution in [2.75, 3.05) is 13.1 Å². The summed E-state index contributed by atoms with van der Waals surface area (Å²) in [6.07, 6.45) is 2.79. The molecule has 0 radical (unpaired) electrons. The Bertz CT molecular complexity index is 517. The van der Waals surface area contributed by atoms with Gasteiger partial charge < -0.3 is 10.2 Å². The highest BCUT2D eigenvalue weighted by atomic mass is 35.5. The number of fused-ring (bicyclic) bond motifs is 1. The number of halogens is 1. The standard InChI is InChI=1S/C16H21ClN2O/c1-11-9-12(5-7-18-11)16(20)19-8-6-14-13(10-19)3-2-4-15(14)17/h2-4,11-12,18H,5-10H2,1H3/t11-,12-/m0/s1. The van der Waals surface area contributed by atoms with Crippen molar-refractivity contribution in [3.05, 3.63) is 34.3 Å². The van der Waals surface area contributed by atoms with E-state index >= 15 is 0 Å². The van der Waals surface area contributed by atoms with E-state index in [-0.39, 0.29) is 5.92 Å². The normalized spacial score (nSPS) is 26.2. The van der Waals surface area contributed by atoms with E-state index in [1.54, 1.807) is 0 Å². The molecule has 4 heteroatoms. The molecular weight excluding hydrogens is 272 g/mol. The Morgan fingerprint density at radius 1 is 1.45 bits per heavy atom. The fraction of sp³-hybridized carbons (Fsp3) is 0.562. The lowest BCUT2D eigenvalue weighted by Gasteiger charge is -2.35. The van der Waals surface area contributed by atoms with E-state index in [2.05, 4.69) is 18.3 Å². The molecule has 1 saturated heterocycles. The van der Waals surface area contributed by atoms with Crippen LogP contribution in [0, 0.1) is 5.92 Å². The van der Waals surface area contributed by atoms with Crippen molar-refractivity contribution in [3.63, 3.8) is 0 Å². The lowest BCUT2D eigenvalue weighted by atomic mass is 9.90. The molecule has 1 aromatic carbocycles. The van der Waals surface area contributed by atoms with Crippen LogP contribution in [0.3, 0.4) is 0 Å². The zero-order chi connectivity index (χ0) is 14.1. The number of benzene rings is 1. The van der Waals surface area contributed by atoms with Gasteiger partial charge in [-0.1, -0.05) is 23.7 Å². The lowest BCUT2D eigenvalue weighted by Crippen LogP contribution is -2.45. The van der Waals surface area contributed by atoms with Crippen molar-refractivity contribution in [2.24, 2.45) is 5.92 Å². The smallest absolute Gasteiger partial charge is 0.226 e. The minimum absolute atomic E-state index is 0.187. The molecule has 108 valence electrons. The second-order valence-corrected chi connectivity index (χ2v) is 6.37. The average molecular weight is 293 g/mol. The van der Waals surface area contributed by atoms with Gasteiger partial charge in [0.2, 0.25) is 5.91 Å². The monoisotopic (exact) mass is 292 g/mol. The summed E-state index contributed by atoms with van der Waals surface area (Å²) in [5.74, 6) is 0.510. The number of amides is 1. The molecule has 0 spiro atoms. The van der Waals surface area contributed by atoms with Crippen LogP contribution in [0.4, 0.5) is 0 Å². The van der Waals surface area contributed by atoms with Gasteiger partial charge in [0.15, 0.2) is 0 Å². The quantitative estimate of drug-likeness (QED) is 0.863. The first-order chi connectivity index (χ1) is 9.65. The van der Waals surface area contributed by atoms with Crippen LogP contribution in [-0.2, 0) is 17.8 Å². The van der Waals surface area contributed by atoms with E-state index in [0.717, 1.165) is 37.4 Å². The van der Waals surface area contributed by atoms with Crippen molar-refractivity contribution in [1.29, 1.82) is 0 Å². The SMILES string of the molecule is C[C@H]1C[C@@H](C(=O)N2CCc3c(Cl)cccc3C2)CCN1. The first kappa shape index (κ1) is 13.9. The second kappa shape index (κ2) is 5.74. The maximum absolute atomic E-state index is 12.7. The molecule has 2 aliphatic rings. The number of piperidine rings is 1. The van der Waals surface area contributed by atoms with Crippen LogP contribution < -0.4 is 5.32 Å². The van der Waals surface area contributed by atoms with E-state index in [9.17, 15) is 4.79 Å². The number of carbonyl (C=O) groups excluding carboxylic acids is 1. The molecule has 0 aromatic heterocycles. The molecular formula is C16H21ClN2O. The first-order valence-electron chi connectivity index (χ1n) is 7.43. The van der Waals surface area contributed by atoms with Gasteiger partial charge in [-0.05, 0) is 49.9 Å². The van der Waals surface area contributed by atoms with Gasteiger partial charge in [0, 0.05) is 30.1 Å². The van der Waals surface area contributed by atoms with Gasteiger partial charge in [-0.15, -0.1) is 0 Å². The van der Waals surface area contributed by atoms with Gasteiger partial charge >= 0.3 is 0 Å². The lowest BCUT2D eigenvalue weighted by molar-refractivity contribution is -0.137. The summed E-state index contributed by atoms with van der Waals surface area (Å²) in [6.45, 7) is 4.62. The molecule has 20 heavy (non-hydrogen) atoms. The number of hydrogen-bond donors (Lipinski definition) is 1. The predicted octanol–water partition coefficient (Wildman–Crippen LogP) is 2.61. The average Bonchev–Trinajstić information content (AvgIpc) is 2.46. The van der Waals surface area contributed by atoms with E-state index in [4.69, 9.17) is 11.6 Å². The molecule has 2 heterocycles. The van der Waals surface area contributed by atoms with Crippen molar-refractivity contribution < 1.29 is 4.79 Å². The van der Waals surface area contributed by atoms with Gasteiger partial charge in [-0.3, -0.25) is 4.79 Å². The Balaban J connectivity index is 1.72. The van der Waals surface area contributed by atoms with Crippen LogP contribution in [0.1, 0.15) is 30.9 Å². The molecule has 3 nitrogen and oxygen atoms in total. The highest BCUT2D eigenvalue weighted by molar-refractivity contribution is 6.31. The van der Waals surface area contributed by atoms with Crippen LogP contribution in [0.15, 0.2) is 18.2 Å². The van der Waals surface area contributed by atoms with E-state index in [1.165, 1.54) is 11.1 Å². The summed E-state index contributed by atoms with van der Waals surface area (Å²) < 4.78 is 0. The number of hydrogen-bond acceptors (Lipinski definition) is 2. The molecule has 0 bridgehead atoms. The van der Waals surface area contributed by atoms with Crippen LogP contribution in [0.25, 0.3) is 0 Å². The Hall–Kier alpha value is -1.06. The summed E-state index contributed by atoms with van der Waals surface area (Å²) in [5.41, 5.74) is 2.43. The summed E-state index contributed by atoms with van der Waals surface area (Å²) in [5, 5.41) is 4.24. The van der Waals surface area contributed by atoms with Crippen molar-refractivity contribution >= 4 is 17.5 Å². The third kappa shape index (κ3) is 2.70. The van der Waals surface area contributed by atoms with Gasteiger partial charge in [-0.25, -0.2) is 0 Å². The zero-order valence-electron chi connectivity index (χ0n) is 11.9. The first-order valence-corrected chi connectivity index (χ1v) is 7.81.